The number of carbonyl (C=O) groups is 1. The van der Waals surface area contributed by atoms with Crippen molar-refractivity contribution in [1.29, 1.82) is 0 Å². The Kier molecular flexibility index (Phi) is 4.36. The quantitative estimate of drug-likeness (QED) is 0.742. The zero-order valence-corrected chi connectivity index (χ0v) is 12.5. The highest BCUT2D eigenvalue weighted by Gasteiger charge is 2.29. The third kappa shape index (κ3) is 3.04. The fourth-order valence-corrected chi connectivity index (χ4v) is 3.55. The number of hydrogen-bond donors (Lipinski definition) is 0. The molecule has 3 rings (SSSR count). The molecule has 3 aliphatic rings. The maximum atomic E-state index is 11.9. The largest absolute Gasteiger partial charge is 0.350 e. The highest BCUT2D eigenvalue weighted by molar-refractivity contribution is 6.69. The molecule has 2 aliphatic heterocycles. The number of rotatable bonds is 1. The van der Waals surface area contributed by atoms with Gasteiger partial charge in [-0.2, -0.15) is 0 Å². The lowest BCUT2D eigenvalue weighted by atomic mass is 9.94. The number of piperazine rings is 1. The van der Waals surface area contributed by atoms with Crippen LogP contribution in [0.3, 0.4) is 0 Å². The van der Waals surface area contributed by atoms with Gasteiger partial charge in [-0.1, -0.05) is 30.9 Å². The summed E-state index contributed by atoms with van der Waals surface area (Å²) >= 11 is 5.74. The van der Waals surface area contributed by atoms with Crippen LogP contribution in [0.1, 0.15) is 38.5 Å². The monoisotopic (exact) mass is 296 g/mol. The van der Waals surface area contributed by atoms with Crippen LogP contribution in [0.4, 0.5) is 0 Å². The molecule has 2 heterocycles. The molecule has 1 saturated heterocycles. The van der Waals surface area contributed by atoms with Crippen LogP contribution in [0.5, 0.6) is 0 Å². The van der Waals surface area contributed by atoms with Crippen molar-refractivity contribution in [3.63, 3.8) is 0 Å². The number of carbonyl (C=O) groups excluding carboxylic acids is 1. The first-order valence-corrected chi connectivity index (χ1v) is 7.94. The van der Waals surface area contributed by atoms with Gasteiger partial charge in [-0.15, -0.1) is 10.2 Å². The molecule has 0 atom stereocenters. The molecule has 6 heteroatoms. The minimum absolute atomic E-state index is 0.00360. The van der Waals surface area contributed by atoms with Gasteiger partial charge >= 0.3 is 0 Å². The second kappa shape index (κ2) is 6.22. The molecule has 0 bridgehead atoms. The minimum atomic E-state index is -0.00360. The smallest absolute Gasteiger partial charge is 0.206 e. The Morgan fingerprint density at radius 3 is 2.35 bits per heavy atom. The number of Topliss-reactive ketones (excluding diaryl/α,β-unsaturated/α-hetero) is 1. The molecule has 0 N–H and O–H groups in total. The molecular formula is C14H21ClN4O. The Balaban J connectivity index is 1.57. The lowest BCUT2D eigenvalue weighted by Gasteiger charge is -2.41. The van der Waals surface area contributed by atoms with Crippen molar-refractivity contribution in [2.75, 3.05) is 26.2 Å². The van der Waals surface area contributed by atoms with Crippen LogP contribution in [0, 0.1) is 0 Å². The highest BCUT2D eigenvalue weighted by atomic mass is 35.5. The van der Waals surface area contributed by atoms with Gasteiger partial charge in [-0.25, -0.2) is 0 Å². The van der Waals surface area contributed by atoms with Crippen LogP contribution >= 0.6 is 11.6 Å². The van der Waals surface area contributed by atoms with Crippen molar-refractivity contribution in [2.45, 2.75) is 44.6 Å². The summed E-state index contributed by atoms with van der Waals surface area (Å²) < 4.78 is 0. The van der Waals surface area contributed by atoms with Gasteiger partial charge < -0.3 is 4.90 Å². The van der Waals surface area contributed by atoms with E-state index >= 15 is 0 Å². The summed E-state index contributed by atoms with van der Waals surface area (Å²) in [5.41, 5.74) is 0. The van der Waals surface area contributed by atoms with E-state index < -0.39 is 0 Å². The maximum Gasteiger partial charge on any atom is 0.206 e. The van der Waals surface area contributed by atoms with E-state index in [9.17, 15) is 4.79 Å². The van der Waals surface area contributed by atoms with Gasteiger partial charge in [0.25, 0.3) is 0 Å². The fraction of sp³-hybridized carbons (Fsp3) is 0.786. The number of amidine groups is 1. The molecular weight excluding hydrogens is 276 g/mol. The van der Waals surface area contributed by atoms with Crippen LogP contribution in [0.25, 0.3) is 0 Å². The van der Waals surface area contributed by atoms with Crippen LogP contribution < -0.4 is 0 Å². The van der Waals surface area contributed by atoms with Gasteiger partial charge in [0.1, 0.15) is 5.17 Å². The summed E-state index contributed by atoms with van der Waals surface area (Å²) in [5.74, 6) is 0.494. The first-order valence-electron chi connectivity index (χ1n) is 7.56. The van der Waals surface area contributed by atoms with Crippen LogP contribution in [0.15, 0.2) is 10.2 Å². The number of ketones is 1. The van der Waals surface area contributed by atoms with E-state index in [0.717, 1.165) is 32.2 Å². The van der Waals surface area contributed by atoms with Gasteiger partial charge in [-0.3, -0.25) is 9.69 Å². The van der Waals surface area contributed by atoms with E-state index in [0.29, 0.717) is 11.0 Å². The molecule has 5 nitrogen and oxygen atoms in total. The van der Waals surface area contributed by atoms with Crippen molar-refractivity contribution in [3.8, 4) is 0 Å². The SMILES string of the molecule is O=C1CC(Cl)=NN=C1N1CCN(C2CCCCC2)CC1. The van der Waals surface area contributed by atoms with E-state index in [1.54, 1.807) is 0 Å². The predicted octanol–water partition coefficient (Wildman–Crippen LogP) is 1.86. The highest BCUT2D eigenvalue weighted by Crippen LogP contribution is 2.23. The molecule has 0 spiro atoms. The zero-order valence-electron chi connectivity index (χ0n) is 11.7. The summed E-state index contributed by atoms with van der Waals surface area (Å²) in [4.78, 5) is 16.6. The van der Waals surface area contributed by atoms with Gasteiger partial charge in [0, 0.05) is 32.2 Å². The summed E-state index contributed by atoms with van der Waals surface area (Å²) in [6.07, 6.45) is 6.98. The first-order chi connectivity index (χ1) is 9.74. The van der Waals surface area contributed by atoms with Crippen LogP contribution in [-0.4, -0.2) is 58.8 Å². The summed E-state index contributed by atoms with van der Waals surface area (Å²) in [5, 5.41) is 8.11. The average Bonchev–Trinajstić information content (AvgIpc) is 2.48. The minimum Gasteiger partial charge on any atom is -0.350 e. The molecule has 20 heavy (non-hydrogen) atoms. The standard InChI is InChI=1S/C14H21ClN4O/c15-13-10-12(20)14(17-16-13)19-8-6-18(7-9-19)11-4-2-1-3-5-11/h11H,1-10H2. The Bertz CT molecular complexity index is 434. The molecule has 0 aromatic carbocycles. The zero-order chi connectivity index (χ0) is 13.9. The van der Waals surface area contributed by atoms with Gasteiger partial charge in [0.05, 0.1) is 6.42 Å². The summed E-state index contributed by atoms with van der Waals surface area (Å²) in [6.45, 7) is 3.78. The van der Waals surface area contributed by atoms with Gasteiger partial charge in [0.2, 0.25) is 5.78 Å². The fourth-order valence-electron chi connectivity index (χ4n) is 3.39. The lowest BCUT2D eigenvalue weighted by molar-refractivity contribution is -0.112. The lowest BCUT2D eigenvalue weighted by Crippen LogP contribution is -2.54. The second-order valence-electron chi connectivity index (χ2n) is 5.81. The number of hydrogen-bond acceptors (Lipinski definition) is 5. The van der Waals surface area contributed by atoms with Crippen molar-refractivity contribution < 1.29 is 4.79 Å². The molecule has 110 valence electrons. The third-order valence-electron chi connectivity index (χ3n) is 4.51. The Morgan fingerprint density at radius 1 is 1.00 bits per heavy atom. The van der Waals surface area contributed by atoms with E-state index in [1.807, 2.05) is 0 Å². The normalized spacial score (nSPS) is 26.4. The van der Waals surface area contributed by atoms with Crippen LogP contribution in [-0.2, 0) is 4.79 Å². The first kappa shape index (κ1) is 14.0. The van der Waals surface area contributed by atoms with E-state index in [2.05, 4.69) is 20.0 Å². The molecule has 1 aliphatic carbocycles. The Labute approximate surface area is 124 Å². The van der Waals surface area contributed by atoms with Crippen molar-refractivity contribution in [3.05, 3.63) is 0 Å². The topological polar surface area (TPSA) is 48.3 Å². The van der Waals surface area contributed by atoms with E-state index in [4.69, 9.17) is 11.6 Å². The Morgan fingerprint density at radius 2 is 1.70 bits per heavy atom. The Hall–Kier alpha value is -0.940. The molecule has 0 unspecified atom stereocenters. The van der Waals surface area contributed by atoms with Crippen molar-refractivity contribution in [1.82, 2.24) is 9.80 Å². The molecule has 1 saturated carbocycles. The number of nitrogens with zero attached hydrogens (tertiary/aromatic N) is 4. The van der Waals surface area contributed by atoms with Crippen molar-refractivity contribution in [2.24, 2.45) is 10.2 Å². The average molecular weight is 297 g/mol. The molecule has 0 amide bonds. The number of halogens is 1. The van der Waals surface area contributed by atoms with Crippen LogP contribution in [0.2, 0.25) is 0 Å². The van der Waals surface area contributed by atoms with Gasteiger partial charge in [0.15, 0.2) is 5.84 Å². The molecule has 0 aromatic heterocycles. The molecule has 2 fully saturated rings. The summed E-state index contributed by atoms with van der Waals surface area (Å²) in [6, 6.07) is 0.752. The third-order valence-corrected chi connectivity index (χ3v) is 4.72. The maximum absolute atomic E-state index is 11.9. The van der Waals surface area contributed by atoms with Crippen molar-refractivity contribution >= 4 is 28.4 Å². The predicted molar refractivity (Wildman–Crippen MR) is 80.4 cm³/mol. The molecule has 0 aromatic rings. The molecule has 0 radical (unpaired) electrons. The summed E-state index contributed by atoms with van der Waals surface area (Å²) in [7, 11) is 0. The van der Waals surface area contributed by atoms with Gasteiger partial charge in [-0.05, 0) is 12.8 Å². The second-order valence-corrected chi connectivity index (χ2v) is 6.25. The van der Waals surface area contributed by atoms with E-state index in [-0.39, 0.29) is 12.2 Å². The van der Waals surface area contributed by atoms with E-state index in [1.165, 1.54) is 32.1 Å².